The Bertz CT molecular complexity index is 450. The largest absolute Gasteiger partial charge is 0.341 e. The molecule has 0 saturated carbocycles. The smallest absolute Gasteiger partial charge is 0.300 e. The minimum absolute atomic E-state index is 0.0362. The number of carbonyl (C=O) groups is 1. The fourth-order valence-electron chi connectivity index (χ4n) is 1.38. The van der Waals surface area contributed by atoms with Crippen LogP contribution in [-0.4, -0.2) is 34.3 Å². The van der Waals surface area contributed by atoms with E-state index in [1.807, 2.05) is 6.92 Å². The number of rotatable bonds is 4. The Morgan fingerprint density at radius 1 is 1.65 bits per heavy atom. The summed E-state index contributed by atoms with van der Waals surface area (Å²) in [5.74, 6) is -0.428. The molecule has 1 amide bonds. The van der Waals surface area contributed by atoms with Crippen LogP contribution in [0.3, 0.4) is 0 Å². The van der Waals surface area contributed by atoms with E-state index in [4.69, 9.17) is 11.6 Å². The fraction of sp³-hybridized carbons (Fsp3) is 0.400. The van der Waals surface area contributed by atoms with Gasteiger partial charge in [-0.05, 0) is 12.5 Å². The first kappa shape index (κ1) is 13.4. The number of carbonyl (C=O) groups excluding carboxylic acids is 1. The van der Waals surface area contributed by atoms with Crippen molar-refractivity contribution in [2.75, 3.05) is 13.6 Å². The van der Waals surface area contributed by atoms with E-state index >= 15 is 0 Å². The summed E-state index contributed by atoms with van der Waals surface area (Å²) in [5.41, 5.74) is -0.367. The van der Waals surface area contributed by atoms with Gasteiger partial charge in [0.1, 0.15) is 16.9 Å². The molecule has 0 unspecified atom stereocenters. The molecule has 0 fully saturated rings. The molecular weight excluding hydrogens is 246 g/mol. The van der Waals surface area contributed by atoms with Crippen LogP contribution in [0.15, 0.2) is 12.3 Å². The van der Waals surface area contributed by atoms with Gasteiger partial charge >= 0.3 is 0 Å². The minimum Gasteiger partial charge on any atom is -0.341 e. The summed E-state index contributed by atoms with van der Waals surface area (Å²) < 4.78 is 0. The Balaban J connectivity index is 3.15. The maximum Gasteiger partial charge on any atom is 0.300 e. The first-order valence-corrected chi connectivity index (χ1v) is 5.40. The second-order valence-electron chi connectivity index (χ2n) is 3.51. The maximum absolute atomic E-state index is 11.9. The van der Waals surface area contributed by atoms with Crippen molar-refractivity contribution in [2.24, 2.45) is 0 Å². The van der Waals surface area contributed by atoms with Crippen LogP contribution in [0.2, 0.25) is 5.15 Å². The van der Waals surface area contributed by atoms with Crippen molar-refractivity contribution in [3.63, 3.8) is 0 Å². The topological polar surface area (TPSA) is 76.3 Å². The average Bonchev–Trinajstić information content (AvgIpc) is 2.27. The third kappa shape index (κ3) is 3.13. The Kier molecular flexibility index (Phi) is 4.39. The molecule has 1 heterocycles. The molecule has 0 aliphatic carbocycles. The van der Waals surface area contributed by atoms with Gasteiger partial charge in [-0.15, -0.1) is 0 Å². The molecular formula is C10H12ClN3O3. The van der Waals surface area contributed by atoms with E-state index in [-0.39, 0.29) is 16.4 Å². The van der Waals surface area contributed by atoms with Crippen LogP contribution in [0.1, 0.15) is 23.7 Å². The highest BCUT2D eigenvalue weighted by molar-refractivity contribution is 6.29. The zero-order valence-corrected chi connectivity index (χ0v) is 10.3. The maximum atomic E-state index is 11.9. The van der Waals surface area contributed by atoms with E-state index in [1.54, 1.807) is 7.05 Å². The number of pyridine rings is 1. The quantitative estimate of drug-likeness (QED) is 0.470. The average molecular weight is 258 g/mol. The van der Waals surface area contributed by atoms with Gasteiger partial charge in [0.25, 0.3) is 11.6 Å². The zero-order chi connectivity index (χ0) is 13.0. The number of hydrogen-bond acceptors (Lipinski definition) is 4. The summed E-state index contributed by atoms with van der Waals surface area (Å²) in [6.45, 7) is 2.44. The molecule has 1 aromatic rings. The molecule has 0 saturated heterocycles. The number of hydrogen-bond donors (Lipinski definition) is 0. The summed E-state index contributed by atoms with van der Waals surface area (Å²) in [6, 6.07) is 1.22. The van der Waals surface area contributed by atoms with Crippen molar-refractivity contribution in [3.05, 3.63) is 33.1 Å². The normalized spacial score (nSPS) is 10.1. The molecule has 0 spiro atoms. The third-order valence-electron chi connectivity index (χ3n) is 2.18. The second-order valence-corrected chi connectivity index (χ2v) is 3.90. The number of amides is 1. The number of halogens is 1. The van der Waals surface area contributed by atoms with E-state index in [0.717, 1.165) is 12.6 Å². The molecule has 0 N–H and O–H groups in total. The van der Waals surface area contributed by atoms with E-state index < -0.39 is 10.8 Å². The SMILES string of the molecule is CCCN(C)C(=O)c1cc(Cl)ncc1[N+](=O)[O-]. The van der Waals surface area contributed by atoms with Crippen molar-refractivity contribution in [2.45, 2.75) is 13.3 Å². The van der Waals surface area contributed by atoms with E-state index in [9.17, 15) is 14.9 Å². The molecule has 0 aromatic carbocycles. The summed E-state index contributed by atoms with van der Waals surface area (Å²) in [4.78, 5) is 27.1. The lowest BCUT2D eigenvalue weighted by molar-refractivity contribution is -0.385. The van der Waals surface area contributed by atoms with Gasteiger partial charge in [0.2, 0.25) is 0 Å². The van der Waals surface area contributed by atoms with Gasteiger partial charge < -0.3 is 4.90 Å². The molecule has 0 bridgehead atoms. The van der Waals surface area contributed by atoms with Crippen LogP contribution in [0.25, 0.3) is 0 Å². The highest BCUT2D eigenvalue weighted by Gasteiger charge is 2.23. The predicted molar refractivity (Wildman–Crippen MR) is 63.2 cm³/mol. The van der Waals surface area contributed by atoms with Gasteiger partial charge in [-0.1, -0.05) is 18.5 Å². The number of nitro groups is 1. The van der Waals surface area contributed by atoms with Gasteiger partial charge in [0.15, 0.2) is 0 Å². The van der Waals surface area contributed by atoms with Gasteiger partial charge in [-0.25, -0.2) is 4.98 Å². The van der Waals surface area contributed by atoms with Crippen molar-refractivity contribution >= 4 is 23.2 Å². The van der Waals surface area contributed by atoms with Gasteiger partial charge in [0.05, 0.1) is 4.92 Å². The lowest BCUT2D eigenvalue weighted by Gasteiger charge is -2.15. The van der Waals surface area contributed by atoms with E-state index in [0.29, 0.717) is 6.54 Å². The molecule has 7 heteroatoms. The van der Waals surface area contributed by atoms with Gasteiger partial charge in [-0.3, -0.25) is 14.9 Å². The molecule has 0 radical (unpaired) electrons. The highest BCUT2D eigenvalue weighted by atomic mass is 35.5. The molecule has 0 aliphatic heterocycles. The van der Waals surface area contributed by atoms with Crippen LogP contribution in [0.5, 0.6) is 0 Å². The van der Waals surface area contributed by atoms with Crippen molar-refractivity contribution < 1.29 is 9.72 Å². The number of nitrogens with zero attached hydrogens (tertiary/aromatic N) is 3. The van der Waals surface area contributed by atoms with Crippen molar-refractivity contribution in [1.82, 2.24) is 9.88 Å². The lowest BCUT2D eigenvalue weighted by Crippen LogP contribution is -2.28. The van der Waals surface area contributed by atoms with Crippen LogP contribution in [0, 0.1) is 10.1 Å². The van der Waals surface area contributed by atoms with Crippen molar-refractivity contribution in [3.8, 4) is 0 Å². The van der Waals surface area contributed by atoms with Crippen molar-refractivity contribution in [1.29, 1.82) is 0 Å². The van der Waals surface area contributed by atoms with E-state index in [1.165, 1.54) is 11.0 Å². The molecule has 0 atom stereocenters. The molecule has 92 valence electrons. The van der Waals surface area contributed by atoms with E-state index in [2.05, 4.69) is 4.98 Å². The monoisotopic (exact) mass is 257 g/mol. The summed E-state index contributed by atoms with van der Waals surface area (Å²) in [5, 5.41) is 10.8. The van der Waals surface area contributed by atoms with Crippen LogP contribution in [0.4, 0.5) is 5.69 Å². The molecule has 1 rings (SSSR count). The van der Waals surface area contributed by atoms with Gasteiger partial charge in [0, 0.05) is 13.6 Å². The van der Waals surface area contributed by atoms with Gasteiger partial charge in [-0.2, -0.15) is 0 Å². The Morgan fingerprint density at radius 3 is 2.82 bits per heavy atom. The lowest BCUT2D eigenvalue weighted by atomic mass is 10.2. The third-order valence-corrected chi connectivity index (χ3v) is 2.39. The second kappa shape index (κ2) is 5.58. The summed E-state index contributed by atoms with van der Waals surface area (Å²) in [7, 11) is 1.59. The summed E-state index contributed by atoms with van der Waals surface area (Å²) in [6.07, 6.45) is 1.77. The standard InChI is InChI=1S/C10H12ClN3O3/c1-3-4-13(2)10(15)7-5-9(11)12-6-8(7)14(16)17/h5-6H,3-4H2,1-2H3. The van der Waals surface area contributed by atoms with Crippen LogP contribution < -0.4 is 0 Å². The number of aromatic nitrogens is 1. The van der Waals surface area contributed by atoms with Crippen LogP contribution >= 0.6 is 11.6 Å². The summed E-state index contributed by atoms with van der Waals surface area (Å²) >= 11 is 5.64. The molecule has 1 aromatic heterocycles. The fourth-order valence-corrected chi connectivity index (χ4v) is 1.54. The first-order chi connectivity index (χ1) is 7.97. The Morgan fingerprint density at radius 2 is 2.29 bits per heavy atom. The Labute approximate surface area is 103 Å². The minimum atomic E-state index is -0.643. The predicted octanol–water partition coefficient (Wildman–Crippen LogP) is 2.13. The Hall–Kier alpha value is -1.69. The molecule has 17 heavy (non-hydrogen) atoms. The zero-order valence-electron chi connectivity index (χ0n) is 9.51. The highest BCUT2D eigenvalue weighted by Crippen LogP contribution is 2.21. The van der Waals surface area contributed by atoms with Crippen LogP contribution in [-0.2, 0) is 0 Å². The first-order valence-electron chi connectivity index (χ1n) is 5.02. The molecule has 0 aliphatic rings. The molecule has 6 nitrogen and oxygen atoms in total.